The number of hydrogen-bond acceptors (Lipinski definition) is 6. The van der Waals surface area contributed by atoms with Gasteiger partial charge in [-0.25, -0.2) is 14.3 Å². The minimum atomic E-state index is -0.421. The maximum absolute atomic E-state index is 11.7. The summed E-state index contributed by atoms with van der Waals surface area (Å²) in [6, 6.07) is 9.16. The van der Waals surface area contributed by atoms with Crippen molar-refractivity contribution in [3.8, 4) is 11.4 Å². The van der Waals surface area contributed by atoms with Gasteiger partial charge in [0.05, 0.1) is 23.9 Å². The molecule has 0 fully saturated rings. The van der Waals surface area contributed by atoms with Gasteiger partial charge in [-0.2, -0.15) is 0 Å². The van der Waals surface area contributed by atoms with Gasteiger partial charge in [0.25, 0.3) is 0 Å². The van der Waals surface area contributed by atoms with Gasteiger partial charge in [0.1, 0.15) is 6.61 Å². The number of carbonyl (C=O) groups excluding carboxylic acids is 2. The number of fused-ring (bicyclic) bond motifs is 1. The largest absolute Gasteiger partial charge is 0.465 e. The highest BCUT2D eigenvalue weighted by molar-refractivity contribution is 5.91. The SMILES string of the molecule is CC.COC(=O)c1cc2c(C)nc(-c3cccc(COC(C)=O)c3)nn2c1. The van der Waals surface area contributed by atoms with E-state index in [1.54, 1.807) is 16.8 Å². The lowest BCUT2D eigenvalue weighted by Crippen LogP contribution is -2.02. The summed E-state index contributed by atoms with van der Waals surface area (Å²) in [4.78, 5) is 27.2. The molecule has 142 valence electrons. The van der Waals surface area contributed by atoms with E-state index in [9.17, 15) is 9.59 Å². The Hall–Kier alpha value is -3.22. The fourth-order valence-corrected chi connectivity index (χ4v) is 2.48. The maximum Gasteiger partial charge on any atom is 0.339 e. The number of carbonyl (C=O) groups is 2. The highest BCUT2D eigenvalue weighted by Crippen LogP contribution is 2.20. The normalized spacial score (nSPS) is 10.1. The van der Waals surface area contributed by atoms with Crippen molar-refractivity contribution in [1.29, 1.82) is 0 Å². The average Bonchev–Trinajstić information content (AvgIpc) is 3.12. The van der Waals surface area contributed by atoms with Crippen molar-refractivity contribution in [3.63, 3.8) is 0 Å². The quantitative estimate of drug-likeness (QED) is 0.654. The first kappa shape index (κ1) is 20.1. The van der Waals surface area contributed by atoms with Crippen molar-refractivity contribution in [2.75, 3.05) is 7.11 Å². The van der Waals surface area contributed by atoms with Crippen LogP contribution >= 0.6 is 0 Å². The van der Waals surface area contributed by atoms with Gasteiger partial charge >= 0.3 is 11.9 Å². The van der Waals surface area contributed by atoms with Crippen LogP contribution in [-0.4, -0.2) is 33.6 Å². The molecule has 3 rings (SSSR count). The fraction of sp³-hybridized carbons (Fsp3) is 0.300. The van der Waals surface area contributed by atoms with Gasteiger partial charge in [0, 0.05) is 18.7 Å². The van der Waals surface area contributed by atoms with Crippen LogP contribution in [0.4, 0.5) is 0 Å². The van der Waals surface area contributed by atoms with E-state index in [0.717, 1.165) is 22.3 Å². The maximum atomic E-state index is 11.7. The zero-order valence-corrected chi connectivity index (χ0v) is 16.1. The summed E-state index contributed by atoms with van der Waals surface area (Å²) in [7, 11) is 1.34. The predicted octanol–water partition coefficient (Wildman–Crippen LogP) is 3.58. The van der Waals surface area contributed by atoms with E-state index >= 15 is 0 Å². The minimum Gasteiger partial charge on any atom is -0.465 e. The molecule has 0 saturated heterocycles. The van der Waals surface area contributed by atoms with Gasteiger partial charge in [-0.15, -0.1) is 5.10 Å². The summed E-state index contributed by atoms with van der Waals surface area (Å²) < 4.78 is 11.4. The molecule has 7 nitrogen and oxygen atoms in total. The van der Waals surface area contributed by atoms with Crippen LogP contribution in [0.2, 0.25) is 0 Å². The highest BCUT2D eigenvalue weighted by atomic mass is 16.5. The molecular formula is C20H23N3O4. The van der Waals surface area contributed by atoms with Gasteiger partial charge in [0.15, 0.2) is 5.82 Å². The molecule has 3 aromatic rings. The third-order valence-electron chi connectivity index (χ3n) is 3.70. The van der Waals surface area contributed by atoms with E-state index in [1.165, 1.54) is 14.0 Å². The van der Waals surface area contributed by atoms with Crippen LogP contribution in [0.1, 0.15) is 42.4 Å². The Morgan fingerprint density at radius 1 is 1.19 bits per heavy atom. The number of aryl methyl sites for hydroxylation is 1. The molecule has 0 radical (unpaired) electrons. The first-order valence-corrected chi connectivity index (χ1v) is 8.66. The third kappa shape index (κ3) is 4.69. The summed E-state index contributed by atoms with van der Waals surface area (Å²) >= 11 is 0. The molecule has 0 atom stereocenters. The molecule has 0 aliphatic rings. The van der Waals surface area contributed by atoms with Crippen LogP contribution in [0, 0.1) is 6.92 Å². The van der Waals surface area contributed by atoms with E-state index in [1.807, 2.05) is 45.0 Å². The van der Waals surface area contributed by atoms with Crippen LogP contribution < -0.4 is 0 Å². The molecular weight excluding hydrogens is 346 g/mol. The van der Waals surface area contributed by atoms with Gasteiger partial charge < -0.3 is 9.47 Å². The molecule has 7 heteroatoms. The van der Waals surface area contributed by atoms with E-state index in [0.29, 0.717) is 11.4 Å². The Kier molecular flexibility index (Phi) is 6.65. The van der Waals surface area contributed by atoms with Gasteiger partial charge in [-0.1, -0.05) is 32.0 Å². The lowest BCUT2D eigenvalue weighted by molar-refractivity contribution is -0.142. The lowest BCUT2D eigenvalue weighted by atomic mass is 10.1. The Labute approximate surface area is 157 Å². The molecule has 2 aromatic heterocycles. The second-order valence-corrected chi connectivity index (χ2v) is 5.55. The molecule has 0 amide bonds. The van der Waals surface area contributed by atoms with E-state index < -0.39 is 5.97 Å². The van der Waals surface area contributed by atoms with Gasteiger partial charge in [0.2, 0.25) is 0 Å². The molecule has 0 spiro atoms. The Balaban J connectivity index is 0.00000126. The number of ether oxygens (including phenoxy) is 2. The molecule has 0 aliphatic carbocycles. The van der Waals surface area contributed by atoms with E-state index in [2.05, 4.69) is 10.1 Å². The molecule has 0 bridgehead atoms. The van der Waals surface area contributed by atoms with Crippen molar-refractivity contribution < 1.29 is 19.1 Å². The average molecular weight is 369 g/mol. The van der Waals surface area contributed by atoms with Crippen LogP contribution in [0.3, 0.4) is 0 Å². The van der Waals surface area contributed by atoms with Crippen LogP contribution in [0.15, 0.2) is 36.5 Å². The first-order chi connectivity index (χ1) is 13.0. The second-order valence-electron chi connectivity index (χ2n) is 5.55. The van der Waals surface area contributed by atoms with Gasteiger partial charge in [-0.05, 0) is 24.6 Å². The lowest BCUT2D eigenvalue weighted by Gasteiger charge is -2.07. The molecule has 0 saturated carbocycles. The second kappa shape index (κ2) is 8.93. The van der Waals surface area contributed by atoms with Crippen LogP contribution in [-0.2, 0) is 20.9 Å². The third-order valence-corrected chi connectivity index (χ3v) is 3.70. The van der Waals surface area contributed by atoms with Crippen LogP contribution in [0.5, 0.6) is 0 Å². The first-order valence-electron chi connectivity index (χ1n) is 8.66. The Morgan fingerprint density at radius 2 is 1.93 bits per heavy atom. The number of esters is 2. The van der Waals surface area contributed by atoms with Gasteiger partial charge in [-0.3, -0.25) is 4.79 Å². The van der Waals surface area contributed by atoms with Crippen molar-refractivity contribution in [1.82, 2.24) is 14.6 Å². The van der Waals surface area contributed by atoms with Crippen molar-refractivity contribution >= 4 is 17.5 Å². The monoisotopic (exact) mass is 369 g/mol. The summed E-state index contributed by atoms with van der Waals surface area (Å²) in [6.45, 7) is 7.42. The number of aromatic nitrogens is 3. The van der Waals surface area contributed by atoms with E-state index in [-0.39, 0.29) is 12.6 Å². The molecule has 0 N–H and O–H groups in total. The molecule has 0 unspecified atom stereocenters. The standard InChI is InChI=1S/C18H17N3O4.C2H6/c1-11-16-8-15(18(23)24-3)9-21(16)20-17(19-11)14-6-4-5-13(7-14)10-25-12(2)22;1-2/h4-9H,10H2,1-3H3;1-2H3. The van der Waals surface area contributed by atoms with Crippen LogP contribution in [0.25, 0.3) is 16.9 Å². The fourth-order valence-electron chi connectivity index (χ4n) is 2.48. The smallest absolute Gasteiger partial charge is 0.339 e. The predicted molar refractivity (Wildman–Crippen MR) is 101 cm³/mol. The summed E-state index contributed by atoms with van der Waals surface area (Å²) in [6.07, 6.45) is 1.61. The summed E-state index contributed by atoms with van der Waals surface area (Å²) in [5, 5.41) is 4.47. The molecule has 1 aromatic carbocycles. The molecule has 27 heavy (non-hydrogen) atoms. The number of benzene rings is 1. The zero-order chi connectivity index (χ0) is 20.0. The number of methoxy groups -OCH3 is 1. The Morgan fingerprint density at radius 3 is 2.59 bits per heavy atom. The summed E-state index contributed by atoms with van der Waals surface area (Å²) in [5.41, 5.74) is 3.53. The number of hydrogen-bond donors (Lipinski definition) is 0. The van der Waals surface area contributed by atoms with Crippen molar-refractivity contribution in [2.24, 2.45) is 0 Å². The Bertz CT molecular complexity index is 963. The molecule has 0 aliphatic heterocycles. The van der Waals surface area contributed by atoms with Crippen molar-refractivity contribution in [2.45, 2.75) is 34.3 Å². The van der Waals surface area contributed by atoms with Crippen molar-refractivity contribution in [3.05, 3.63) is 53.3 Å². The highest BCUT2D eigenvalue weighted by Gasteiger charge is 2.13. The zero-order valence-electron chi connectivity index (χ0n) is 16.1. The number of nitrogens with zero attached hydrogens (tertiary/aromatic N) is 3. The topological polar surface area (TPSA) is 82.8 Å². The minimum absolute atomic E-state index is 0.195. The summed E-state index contributed by atoms with van der Waals surface area (Å²) in [5.74, 6) is -0.238. The molecule has 2 heterocycles. The number of rotatable bonds is 4. The van der Waals surface area contributed by atoms with E-state index in [4.69, 9.17) is 9.47 Å².